The van der Waals surface area contributed by atoms with Crippen LogP contribution in [0.5, 0.6) is 0 Å². The van der Waals surface area contributed by atoms with Gasteiger partial charge in [-0.25, -0.2) is 0 Å². The van der Waals surface area contributed by atoms with Crippen molar-refractivity contribution < 1.29 is 0 Å². The third-order valence-corrected chi connectivity index (χ3v) is 4.39. The Morgan fingerprint density at radius 3 is 2.75 bits per heavy atom. The zero-order chi connectivity index (χ0) is 11.3. The van der Waals surface area contributed by atoms with E-state index >= 15 is 0 Å². The van der Waals surface area contributed by atoms with Crippen molar-refractivity contribution >= 4 is 26.8 Å². The van der Waals surface area contributed by atoms with Crippen molar-refractivity contribution in [3.05, 3.63) is 34.4 Å². The molecule has 1 heterocycles. The van der Waals surface area contributed by atoms with Gasteiger partial charge in [-0.2, -0.15) is 0 Å². The molecule has 2 N–H and O–H groups in total. The average Bonchev–Trinajstić information content (AvgIpc) is 2.51. The van der Waals surface area contributed by atoms with E-state index in [-0.39, 0.29) is 5.54 Å². The van der Waals surface area contributed by atoms with Crippen LogP contribution in [-0.2, 0) is 12.6 Å². The van der Waals surface area contributed by atoms with Crippen LogP contribution in [0.3, 0.4) is 0 Å². The van der Waals surface area contributed by atoms with Gasteiger partial charge in [-0.05, 0) is 46.8 Å². The van der Waals surface area contributed by atoms with Crippen molar-refractivity contribution in [3.8, 4) is 0 Å². The maximum absolute atomic E-state index is 6.35. The molecule has 0 unspecified atom stereocenters. The fourth-order valence-corrected chi connectivity index (χ4v) is 3.13. The lowest BCUT2D eigenvalue weighted by atomic mass is 9.73. The Morgan fingerprint density at radius 1 is 1.38 bits per heavy atom. The molecule has 3 heteroatoms. The van der Waals surface area contributed by atoms with Crippen LogP contribution in [0.1, 0.15) is 24.8 Å². The van der Waals surface area contributed by atoms with Gasteiger partial charge in [0.15, 0.2) is 0 Å². The van der Waals surface area contributed by atoms with E-state index in [4.69, 9.17) is 5.73 Å². The summed E-state index contributed by atoms with van der Waals surface area (Å²) in [7, 11) is 2.07. The number of hydrogen-bond acceptors (Lipinski definition) is 1. The van der Waals surface area contributed by atoms with E-state index in [1.165, 1.54) is 22.9 Å². The zero-order valence-corrected chi connectivity index (χ0v) is 10.9. The monoisotopic (exact) mass is 278 g/mol. The smallest absolute Gasteiger partial charge is 0.0492 e. The van der Waals surface area contributed by atoms with Gasteiger partial charge in [0, 0.05) is 34.2 Å². The van der Waals surface area contributed by atoms with Crippen molar-refractivity contribution in [1.29, 1.82) is 0 Å². The number of halogens is 1. The Balaban J connectivity index is 2.19. The molecule has 3 rings (SSSR count). The van der Waals surface area contributed by atoms with Crippen LogP contribution in [0.2, 0.25) is 0 Å². The minimum Gasteiger partial charge on any atom is -0.349 e. The zero-order valence-electron chi connectivity index (χ0n) is 9.33. The highest BCUT2D eigenvalue weighted by molar-refractivity contribution is 9.10. The Morgan fingerprint density at radius 2 is 2.12 bits per heavy atom. The van der Waals surface area contributed by atoms with Crippen LogP contribution in [0.15, 0.2) is 28.9 Å². The summed E-state index contributed by atoms with van der Waals surface area (Å²) in [6.45, 7) is 0. The first-order valence-corrected chi connectivity index (χ1v) is 6.43. The molecule has 0 bridgehead atoms. The summed E-state index contributed by atoms with van der Waals surface area (Å²) >= 11 is 3.57. The Labute approximate surface area is 104 Å². The molecule has 1 aliphatic rings. The second kappa shape index (κ2) is 3.34. The highest BCUT2D eigenvalue weighted by Gasteiger charge is 2.34. The molecule has 84 valence electrons. The SMILES string of the molecule is Cn1cc(Br)c2ccc(C3(N)CCC3)cc21. The minimum absolute atomic E-state index is 0.0645. The summed E-state index contributed by atoms with van der Waals surface area (Å²) in [6, 6.07) is 6.58. The van der Waals surface area contributed by atoms with Crippen LogP contribution < -0.4 is 5.73 Å². The molecule has 0 amide bonds. The van der Waals surface area contributed by atoms with E-state index in [1.807, 2.05) is 0 Å². The molecule has 0 saturated heterocycles. The third kappa shape index (κ3) is 1.35. The molecule has 16 heavy (non-hydrogen) atoms. The number of nitrogens with zero attached hydrogens (tertiary/aromatic N) is 1. The van der Waals surface area contributed by atoms with E-state index in [0.717, 1.165) is 17.3 Å². The largest absolute Gasteiger partial charge is 0.349 e. The lowest BCUT2D eigenvalue weighted by Crippen LogP contribution is -2.43. The van der Waals surface area contributed by atoms with E-state index in [9.17, 15) is 0 Å². The highest BCUT2D eigenvalue weighted by atomic mass is 79.9. The van der Waals surface area contributed by atoms with E-state index in [2.05, 4.69) is 51.9 Å². The van der Waals surface area contributed by atoms with Gasteiger partial charge < -0.3 is 10.3 Å². The molecular formula is C13H15BrN2. The summed E-state index contributed by atoms with van der Waals surface area (Å²) in [5.74, 6) is 0. The molecule has 1 saturated carbocycles. The molecule has 1 aromatic carbocycles. The van der Waals surface area contributed by atoms with Gasteiger partial charge in [-0.15, -0.1) is 0 Å². The molecule has 0 aliphatic heterocycles. The third-order valence-electron chi connectivity index (χ3n) is 3.76. The summed E-state index contributed by atoms with van der Waals surface area (Å²) in [5.41, 5.74) is 8.82. The summed E-state index contributed by atoms with van der Waals surface area (Å²) in [4.78, 5) is 0. The number of rotatable bonds is 1. The number of nitrogens with two attached hydrogens (primary N) is 1. The topological polar surface area (TPSA) is 30.9 Å². The Bertz CT molecular complexity index is 552. The van der Waals surface area contributed by atoms with Crippen LogP contribution in [0.4, 0.5) is 0 Å². The van der Waals surface area contributed by atoms with Crippen molar-refractivity contribution in [2.24, 2.45) is 12.8 Å². The van der Waals surface area contributed by atoms with Gasteiger partial charge >= 0.3 is 0 Å². The normalized spacial score (nSPS) is 18.7. The minimum atomic E-state index is -0.0645. The van der Waals surface area contributed by atoms with Gasteiger partial charge in [0.1, 0.15) is 0 Å². The van der Waals surface area contributed by atoms with Gasteiger partial charge in [-0.3, -0.25) is 0 Å². The maximum atomic E-state index is 6.35. The predicted octanol–water partition coefficient (Wildman–Crippen LogP) is 3.28. The van der Waals surface area contributed by atoms with Crippen LogP contribution in [0, 0.1) is 0 Å². The molecule has 1 aliphatic carbocycles. The van der Waals surface area contributed by atoms with Crippen LogP contribution >= 0.6 is 15.9 Å². The van der Waals surface area contributed by atoms with E-state index < -0.39 is 0 Å². The number of fused-ring (bicyclic) bond motifs is 1. The molecule has 2 aromatic rings. The molecule has 0 spiro atoms. The molecule has 0 atom stereocenters. The van der Waals surface area contributed by atoms with Crippen molar-refractivity contribution in [3.63, 3.8) is 0 Å². The van der Waals surface area contributed by atoms with Crippen molar-refractivity contribution in [2.75, 3.05) is 0 Å². The van der Waals surface area contributed by atoms with Gasteiger partial charge in [0.05, 0.1) is 0 Å². The Kier molecular flexibility index (Phi) is 2.17. The number of aryl methyl sites for hydroxylation is 1. The molecule has 2 nitrogen and oxygen atoms in total. The first-order valence-electron chi connectivity index (χ1n) is 5.64. The summed E-state index contributed by atoms with van der Waals surface area (Å²) in [5, 5.41) is 1.26. The Hall–Kier alpha value is -0.800. The first-order chi connectivity index (χ1) is 7.60. The number of benzene rings is 1. The van der Waals surface area contributed by atoms with E-state index in [0.29, 0.717) is 0 Å². The van der Waals surface area contributed by atoms with E-state index in [1.54, 1.807) is 0 Å². The fraction of sp³-hybridized carbons (Fsp3) is 0.385. The fourth-order valence-electron chi connectivity index (χ4n) is 2.49. The first kappa shape index (κ1) is 10.4. The standard InChI is InChI=1S/C13H15BrN2/c1-16-8-11(14)10-4-3-9(7-12(10)16)13(15)5-2-6-13/h3-4,7-8H,2,5-6,15H2,1H3. The molecule has 0 radical (unpaired) electrons. The average molecular weight is 279 g/mol. The van der Waals surface area contributed by atoms with Gasteiger partial charge in [0.25, 0.3) is 0 Å². The molecular weight excluding hydrogens is 264 g/mol. The second-order valence-corrected chi connectivity index (χ2v) is 5.68. The summed E-state index contributed by atoms with van der Waals surface area (Å²) in [6.07, 6.45) is 5.58. The second-order valence-electron chi connectivity index (χ2n) is 4.83. The highest BCUT2D eigenvalue weighted by Crippen LogP contribution is 2.40. The van der Waals surface area contributed by atoms with Crippen LogP contribution in [-0.4, -0.2) is 4.57 Å². The van der Waals surface area contributed by atoms with Gasteiger partial charge in [0.2, 0.25) is 0 Å². The van der Waals surface area contributed by atoms with Crippen molar-refractivity contribution in [2.45, 2.75) is 24.8 Å². The lowest BCUT2D eigenvalue weighted by Gasteiger charge is -2.38. The van der Waals surface area contributed by atoms with Gasteiger partial charge in [-0.1, -0.05) is 12.1 Å². The van der Waals surface area contributed by atoms with Crippen molar-refractivity contribution in [1.82, 2.24) is 4.57 Å². The summed E-state index contributed by atoms with van der Waals surface area (Å²) < 4.78 is 3.29. The van der Waals surface area contributed by atoms with Crippen LogP contribution in [0.25, 0.3) is 10.9 Å². The number of aromatic nitrogens is 1. The maximum Gasteiger partial charge on any atom is 0.0492 e. The molecule has 1 fully saturated rings. The lowest BCUT2D eigenvalue weighted by molar-refractivity contribution is 0.254. The quantitative estimate of drug-likeness (QED) is 0.853. The number of hydrogen-bond donors (Lipinski definition) is 1. The molecule has 1 aromatic heterocycles. The predicted molar refractivity (Wildman–Crippen MR) is 70.3 cm³/mol.